The topological polar surface area (TPSA) is 39.8 Å². The molecule has 0 aliphatic rings. The van der Waals surface area contributed by atoms with Gasteiger partial charge in [0.2, 0.25) is 0 Å². The summed E-state index contributed by atoms with van der Waals surface area (Å²) in [6.45, 7) is 7.76. The molecular weight excluding hydrogens is 420 g/mol. The highest BCUT2D eigenvalue weighted by atomic mass is 19.3. The number of imidazole rings is 1. The van der Waals surface area contributed by atoms with Gasteiger partial charge in [0.15, 0.2) is 0 Å². The monoisotopic (exact) mass is 447 g/mol. The van der Waals surface area contributed by atoms with Gasteiger partial charge in [-0.3, -0.25) is 4.79 Å². The highest BCUT2D eigenvalue weighted by Gasteiger charge is 2.18. The summed E-state index contributed by atoms with van der Waals surface area (Å²) >= 11 is 0. The van der Waals surface area contributed by atoms with Crippen molar-refractivity contribution in [1.82, 2.24) is 14.1 Å². The number of alkyl halides is 2. The lowest BCUT2D eigenvalue weighted by molar-refractivity contribution is 0.150. The van der Waals surface area contributed by atoms with E-state index in [-0.39, 0.29) is 23.6 Å². The third-order valence-corrected chi connectivity index (χ3v) is 6.01. The van der Waals surface area contributed by atoms with Crippen molar-refractivity contribution in [3.05, 3.63) is 117 Å². The van der Waals surface area contributed by atoms with Crippen molar-refractivity contribution >= 4 is 0 Å². The van der Waals surface area contributed by atoms with Gasteiger partial charge < -0.3 is 9.13 Å². The van der Waals surface area contributed by atoms with Gasteiger partial charge in [0.25, 0.3) is 12.0 Å². The van der Waals surface area contributed by atoms with Gasteiger partial charge in [-0.2, -0.15) is 0 Å². The Hall–Kier alpha value is -3.54. The Bertz CT molecular complexity index is 1340. The number of hydrogen-bond donors (Lipinski definition) is 0. The average Bonchev–Trinajstić information content (AvgIpc) is 3.21. The van der Waals surface area contributed by atoms with Crippen molar-refractivity contribution in [3.8, 4) is 5.69 Å². The van der Waals surface area contributed by atoms with Crippen LogP contribution < -0.4 is 5.56 Å². The van der Waals surface area contributed by atoms with Gasteiger partial charge in [-0.25, -0.2) is 13.8 Å². The summed E-state index contributed by atoms with van der Waals surface area (Å²) in [7, 11) is 0. The predicted molar refractivity (Wildman–Crippen MR) is 126 cm³/mol. The van der Waals surface area contributed by atoms with Crippen LogP contribution in [0.3, 0.4) is 0 Å². The first kappa shape index (κ1) is 22.6. The fourth-order valence-electron chi connectivity index (χ4n) is 4.11. The second-order valence-corrected chi connectivity index (χ2v) is 8.62. The number of aryl methyl sites for hydroxylation is 3. The second kappa shape index (κ2) is 9.14. The van der Waals surface area contributed by atoms with Crippen LogP contribution in [0, 0.1) is 20.8 Å². The molecule has 0 unspecified atom stereocenters. The zero-order valence-electron chi connectivity index (χ0n) is 19.2. The minimum atomic E-state index is -2.66. The Balaban J connectivity index is 1.71. The largest absolute Gasteiger partial charge is 0.308 e. The summed E-state index contributed by atoms with van der Waals surface area (Å²) in [5.74, 6) is 0. The molecule has 0 N–H and O–H groups in total. The van der Waals surface area contributed by atoms with E-state index in [1.165, 1.54) is 16.8 Å². The molecule has 1 atom stereocenters. The summed E-state index contributed by atoms with van der Waals surface area (Å²) in [5.41, 5.74) is 5.79. The number of benzene rings is 2. The number of rotatable bonds is 6. The Morgan fingerprint density at radius 2 is 1.67 bits per heavy atom. The van der Waals surface area contributed by atoms with Crippen LogP contribution in [0.2, 0.25) is 0 Å². The molecule has 4 nitrogen and oxygen atoms in total. The molecule has 2 heterocycles. The lowest BCUT2D eigenvalue weighted by atomic mass is 10.0. The number of hydrogen-bond acceptors (Lipinski definition) is 2. The molecule has 4 rings (SSSR count). The minimum Gasteiger partial charge on any atom is -0.308 e. The van der Waals surface area contributed by atoms with Crippen LogP contribution in [0.4, 0.5) is 8.78 Å². The average molecular weight is 448 g/mol. The molecule has 0 aliphatic heterocycles. The third-order valence-electron chi connectivity index (χ3n) is 6.01. The van der Waals surface area contributed by atoms with Crippen LogP contribution in [-0.2, 0) is 6.42 Å². The molecule has 6 heteroatoms. The second-order valence-electron chi connectivity index (χ2n) is 8.62. The van der Waals surface area contributed by atoms with E-state index in [1.807, 2.05) is 80.9 Å². The Morgan fingerprint density at radius 1 is 0.939 bits per heavy atom. The number of halogens is 2. The molecule has 0 aliphatic carbocycles. The van der Waals surface area contributed by atoms with E-state index in [0.717, 1.165) is 33.6 Å². The van der Waals surface area contributed by atoms with Gasteiger partial charge in [-0.15, -0.1) is 0 Å². The quantitative estimate of drug-likeness (QED) is 0.358. The SMILES string of the molecule is Cc1ccc([C@H](C)n2cc(C(F)F)cc(Cc3ccc(-n4cnc(C)c4)c(C)c3)c2=O)cc1. The Morgan fingerprint density at radius 3 is 2.27 bits per heavy atom. The lowest BCUT2D eigenvalue weighted by Gasteiger charge is -2.19. The molecule has 170 valence electrons. The summed E-state index contributed by atoms with van der Waals surface area (Å²) < 4.78 is 30.8. The molecule has 2 aromatic carbocycles. The maximum Gasteiger partial charge on any atom is 0.265 e. The summed E-state index contributed by atoms with van der Waals surface area (Å²) in [6, 6.07) is 14.7. The van der Waals surface area contributed by atoms with Crippen LogP contribution in [-0.4, -0.2) is 14.1 Å². The van der Waals surface area contributed by atoms with Crippen molar-refractivity contribution in [1.29, 1.82) is 0 Å². The predicted octanol–water partition coefficient (Wildman–Crippen LogP) is 6.10. The van der Waals surface area contributed by atoms with E-state index in [4.69, 9.17) is 0 Å². The molecule has 0 saturated heterocycles. The molecule has 0 bridgehead atoms. The molecule has 0 radical (unpaired) electrons. The van der Waals surface area contributed by atoms with Crippen LogP contribution in [0.5, 0.6) is 0 Å². The normalized spacial score (nSPS) is 12.3. The molecule has 0 fully saturated rings. The Kier molecular flexibility index (Phi) is 6.27. The fourth-order valence-corrected chi connectivity index (χ4v) is 4.11. The first-order valence-corrected chi connectivity index (χ1v) is 10.9. The minimum absolute atomic E-state index is 0.147. The van der Waals surface area contributed by atoms with E-state index in [9.17, 15) is 13.6 Å². The molecule has 0 spiro atoms. The van der Waals surface area contributed by atoms with Crippen molar-refractivity contribution in [2.45, 2.75) is 46.6 Å². The van der Waals surface area contributed by atoms with E-state index in [0.29, 0.717) is 5.56 Å². The number of nitrogens with zero attached hydrogens (tertiary/aromatic N) is 3. The Labute approximate surface area is 192 Å². The first-order chi connectivity index (χ1) is 15.7. The molecule has 33 heavy (non-hydrogen) atoms. The van der Waals surface area contributed by atoms with Gasteiger partial charge >= 0.3 is 0 Å². The van der Waals surface area contributed by atoms with E-state index < -0.39 is 6.43 Å². The fraction of sp³-hybridized carbons (Fsp3) is 0.259. The lowest BCUT2D eigenvalue weighted by Crippen LogP contribution is -2.27. The van der Waals surface area contributed by atoms with E-state index in [1.54, 1.807) is 6.33 Å². The van der Waals surface area contributed by atoms with Crippen molar-refractivity contribution < 1.29 is 8.78 Å². The van der Waals surface area contributed by atoms with Crippen molar-refractivity contribution in [2.24, 2.45) is 0 Å². The van der Waals surface area contributed by atoms with Gasteiger partial charge in [-0.05, 0) is 56.5 Å². The molecule has 0 saturated carbocycles. The van der Waals surface area contributed by atoms with Crippen LogP contribution in [0.25, 0.3) is 5.69 Å². The summed E-state index contributed by atoms with van der Waals surface area (Å²) in [5, 5.41) is 0. The highest BCUT2D eigenvalue weighted by Crippen LogP contribution is 2.24. The maximum atomic E-state index is 13.7. The first-order valence-electron chi connectivity index (χ1n) is 10.9. The molecular formula is C27H27F2N3O. The van der Waals surface area contributed by atoms with E-state index in [2.05, 4.69) is 4.98 Å². The smallest absolute Gasteiger partial charge is 0.265 e. The standard InChI is InChI=1S/C27H27F2N3O/c1-17-5-8-22(9-6-17)20(4)32-15-24(26(28)29)13-23(27(32)33)12-21-7-10-25(18(2)11-21)31-14-19(3)30-16-31/h5-11,13-16,20,26H,12H2,1-4H3/t20-/m0/s1. The maximum absolute atomic E-state index is 13.7. The number of aromatic nitrogens is 3. The highest BCUT2D eigenvalue weighted by molar-refractivity contribution is 5.44. The summed E-state index contributed by atoms with van der Waals surface area (Å²) in [6.07, 6.45) is 2.61. The van der Waals surface area contributed by atoms with Crippen molar-refractivity contribution in [2.75, 3.05) is 0 Å². The zero-order valence-corrected chi connectivity index (χ0v) is 19.2. The number of pyridine rings is 1. The summed E-state index contributed by atoms with van der Waals surface area (Å²) in [4.78, 5) is 17.6. The van der Waals surface area contributed by atoms with Gasteiger partial charge in [0.1, 0.15) is 0 Å². The third kappa shape index (κ3) is 4.80. The van der Waals surface area contributed by atoms with Crippen molar-refractivity contribution in [3.63, 3.8) is 0 Å². The molecule has 0 amide bonds. The van der Waals surface area contributed by atoms with Crippen LogP contribution in [0.15, 0.2) is 72.0 Å². The molecule has 4 aromatic rings. The van der Waals surface area contributed by atoms with Crippen LogP contribution in [0.1, 0.15) is 58.5 Å². The van der Waals surface area contributed by atoms with Crippen LogP contribution >= 0.6 is 0 Å². The zero-order chi connectivity index (χ0) is 23.7. The van der Waals surface area contributed by atoms with Gasteiger partial charge in [0.05, 0.1) is 18.1 Å². The van der Waals surface area contributed by atoms with Gasteiger partial charge in [-0.1, -0.05) is 42.0 Å². The van der Waals surface area contributed by atoms with E-state index >= 15 is 0 Å². The molecule has 2 aromatic heterocycles. The van der Waals surface area contributed by atoms with Gasteiger partial charge in [0, 0.05) is 35.6 Å².